The van der Waals surface area contributed by atoms with Gasteiger partial charge in [0.2, 0.25) is 0 Å². The van der Waals surface area contributed by atoms with Gasteiger partial charge in [-0.05, 0) is 26.7 Å². The van der Waals surface area contributed by atoms with Gasteiger partial charge in [-0.1, -0.05) is 37.9 Å². The Kier molecular flexibility index (Phi) is 6.68. The van der Waals surface area contributed by atoms with E-state index in [-0.39, 0.29) is 14.6 Å². The molecule has 0 saturated carbocycles. The summed E-state index contributed by atoms with van der Waals surface area (Å²) in [6.07, 6.45) is 3.57. The van der Waals surface area contributed by atoms with Crippen LogP contribution < -0.4 is 0 Å². The zero-order valence-electron chi connectivity index (χ0n) is 8.49. The zero-order chi connectivity index (χ0) is 11.4. The maximum absolute atomic E-state index is 6.27. The van der Waals surface area contributed by atoms with Gasteiger partial charge in [0, 0.05) is 10.2 Å². The molecule has 0 radical (unpaired) electrons. The molecule has 0 aliphatic heterocycles. The number of hydrogen-bond acceptors (Lipinski definition) is 0. The highest BCUT2D eigenvalue weighted by Gasteiger charge is 2.28. The highest BCUT2D eigenvalue weighted by Crippen LogP contribution is 2.33. The van der Waals surface area contributed by atoms with Crippen molar-refractivity contribution in [3.05, 3.63) is 12.7 Å². The van der Waals surface area contributed by atoms with Crippen LogP contribution in [0.25, 0.3) is 0 Å². The van der Waals surface area contributed by atoms with Gasteiger partial charge in [-0.15, -0.1) is 29.8 Å². The van der Waals surface area contributed by atoms with Crippen molar-refractivity contribution in [3.8, 4) is 0 Å². The van der Waals surface area contributed by atoms with Crippen molar-refractivity contribution < 1.29 is 0 Å². The minimum atomic E-state index is -0.353. The van der Waals surface area contributed by atoms with Gasteiger partial charge in [-0.3, -0.25) is 0 Å². The van der Waals surface area contributed by atoms with Gasteiger partial charge < -0.3 is 0 Å². The smallest absolute Gasteiger partial charge is 0.0720 e. The van der Waals surface area contributed by atoms with Crippen molar-refractivity contribution in [3.63, 3.8) is 0 Å². The molecule has 0 unspecified atom stereocenters. The Morgan fingerprint density at radius 2 is 1.93 bits per heavy atom. The summed E-state index contributed by atoms with van der Waals surface area (Å²) < 4.78 is 0. The molecule has 0 aromatic heterocycles. The van der Waals surface area contributed by atoms with Crippen LogP contribution in [0.5, 0.6) is 0 Å². The molecule has 0 spiro atoms. The van der Waals surface area contributed by atoms with Crippen molar-refractivity contribution in [2.75, 3.05) is 5.33 Å². The predicted molar refractivity (Wildman–Crippen MR) is 74.5 cm³/mol. The van der Waals surface area contributed by atoms with Gasteiger partial charge in [-0.25, -0.2) is 0 Å². The molecule has 4 heteroatoms. The molecule has 0 aliphatic rings. The van der Waals surface area contributed by atoms with Gasteiger partial charge in [0.1, 0.15) is 0 Å². The maximum Gasteiger partial charge on any atom is 0.0720 e. The Morgan fingerprint density at radius 3 is 2.21 bits per heavy atom. The van der Waals surface area contributed by atoms with Crippen molar-refractivity contribution >= 4 is 55.1 Å². The molecule has 84 valence electrons. The predicted octanol–water partition coefficient (Wildman–Crippen LogP) is 5.11. The highest BCUT2D eigenvalue weighted by molar-refractivity contribution is 9.09. The summed E-state index contributed by atoms with van der Waals surface area (Å²) in [5, 5.41) is 0.716. The van der Waals surface area contributed by atoms with Crippen LogP contribution in [-0.4, -0.2) is 19.9 Å². The number of hydrogen-bond donors (Lipinski definition) is 0. The summed E-state index contributed by atoms with van der Waals surface area (Å²) in [5.41, 5.74) is 0. The minimum Gasteiger partial charge on any atom is -0.119 e. The Hall–Kier alpha value is 1.28. The van der Waals surface area contributed by atoms with Crippen molar-refractivity contribution in [2.24, 2.45) is 0 Å². The SMILES string of the molecule is C=C[C@](Cl)(CBr)CC[C@@H](Br)C(C)(C)Cl. The van der Waals surface area contributed by atoms with E-state index in [1.165, 1.54) is 0 Å². The molecule has 0 nitrogen and oxygen atoms in total. The second-order valence-corrected chi connectivity index (χ2v) is 7.34. The molecule has 0 N–H and O–H groups in total. The molecular formula is C10H16Br2Cl2. The van der Waals surface area contributed by atoms with E-state index in [1.807, 2.05) is 13.8 Å². The fraction of sp³-hybridized carbons (Fsp3) is 0.800. The maximum atomic E-state index is 6.27. The van der Waals surface area contributed by atoms with Gasteiger partial charge in [0.15, 0.2) is 0 Å². The van der Waals surface area contributed by atoms with Crippen LogP contribution in [-0.2, 0) is 0 Å². The van der Waals surface area contributed by atoms with E-state index in [1.54, 1.807) is 6.08 Å². The monoisotopic (exact) mass is 364 g/mol. The molecular weight excluding hydrogens is 351 g/mol. The average Bonchev–Trinajstić information content (AvgIpc) is 2.12. The van der Waals surface area contributed by atoms with Gasteiger partial charge in [0.25, 0.3) is 0 Å². The third-order valence-electron chi connectivity index (χ3n) is 2.15. The van der Waals surface area contributed by atoms with E-state index in [9.17, 15) is 0 Å². The third kappa shape index (κ3) is 5.39. The normalized spacial score (nSPS) is 18.7. The lowest BCUT2D eigenvalue weighted by Crippen LogP contribution is -2.28. The lowest BCUT2D eigenvalue weighted by Gasteiger charge is -2.27. The molecule has 0 fully saturated rings. The first-order chi connectivity index (χ1) is 6.25. The topological polar surface area (TPSA) is 0 Å². The fourth-order valence-corrected chi connectivity index (χ4v) is 1.89. The number of halogens is 4. The molecule has 0 bridgehead atoms. The first-order valence-electron chi connectivity index (χ1n) is 4.46. The second-order valence-electron chi connectivity index (χ2n) is 3.94. The second kappa shape index (κ2) is 6.12. The first-order valence-corrected chi connectivity index (χ1v) is 7.26. The van der Waals surface area contributed by atoms with Crippen LogP contribution in [0.15, 0.2) is 12.7 Å². The van der Waals surface area contributed by atoms with Crippen LogP contribution in [0.3, 0.4) is 0 Å². The molecule has 0 aromatic carbocycles. The first kappa shape index (κ1) is 15.3. The summed E-state index contributed by atoms with van der Waals surface area (Å²) in [6, 6.07) is 0. The minimum absolute atomic E-state index is 0.245. The summed E-state index contributed by atoms with van der Waals surface area (Å²) >= 11 is 19.4. The standard InChI is InChI=1S/C10H16Br2Cl2/c1-4-10(14,7-11)6-5-8(12)9(2,3)13/h4,8H,1,5-7H2,2-3H3/t8-,10-/m1/s1. The summed E-state index contributed by atoms with van der Waals surface area (Å²) in [4.78, 5) is -0.340. The fourth-order valence-electron chi connectivity index (χ4n) is 0.933. The van der Waals surface area contributed by atoms with E-state index in [4.69, 9.17) is 23.2 Å². The van der Waals surface area contributed by atoms with Gasteiger partial charge in [-0.2, -0.15) is 0 Å². The van der Waals surface area contributed by atoms with E-state index >= 15 is 0 Å². The summed E-state index contributed by atoms with van der Waals surface area (Å²) in [5.74, 6) is 0. The van der Waals surface area contributed by atoms with Crippen LogP contribution >= 0.6 is 55.1 Å². The van der Waals surface area contributed by atoms with Crippen LogP contribution in [0.1, 0.15) is 26.7 Å². The van der Waals surface area contributed by atoms with Crippen LogP contribution in [0.4, 0.5) is 0 Å². The van der Waals surface area contributed by atoms with E-state index in [0.29, 0.717) is 5.33 Å². The largest absolute Gasteiger partial charge is 0.119 e. The van der Waals surface area contributed by atoms with Crippen LogP contribution in [0, 0.1) is 0 Å². The Bertz CT molecular complexity index is 189. The molecule has 14 heavy (non-hydrogen) atoms. The van der Waals surface area contributed by atoms with Gasteiger partial charge in [0.05, 0.1) is 9.75 Å². The lowest BCUT2D eigenvalue weighted by atomic mass is 9.98. The number of allylic oxidation sites excluding steroid dienone is 1. The van der Waals surface area contributed by atoms with E-state index in [0.717, 1.165) is 12.8 Å². The third-order valence-corrected chi connectivity index (χ3v) is 6.08. The summed E-state index contributed by atoms with van der Waals surface area (Å²) in [6.45, 7) is 7.72. The molecule has 0 aromatic rings. The Morgan fingerprint density at radius 1 is 1.43 bits per heavy atom. The van der Waals surface area contributed by atoms with Crippen molar-refractivity contribution in [1.82, 2.24) is 0 Å². The lowest BCUT2D eigenvalue weighted by molar-refractivity contribution is 0.563. The van der Waals surface area contributed by atoms with E-state index < -0.39 is 0 Å². The van der Waals surface area contributed by atoms with Gasteiger partial charge >= 0.3 is 0 Å². The average molecular weight is 367 g/mol. The van der Waals surface area contributed by atoms with Crippen molar-refractivity contribution in [2.45, 2.75) is 41.3 Å². The molecule has 0 aliphatic carbocycles. The van der Waals surface area contributed by atoms with Crippen LogP contribution in [0.2, 0.25) is 0 Å². The molecule has 0 saturated heterocycles. The summed E-state index contributed by atoms with van der Waals surface area (Å²) in [7, 11) is 0. The Labute approximate surface area is 114 Å². The Balaban J connectivity index is 4.11. The highest BCUT2D eigenvalue weighted by atomic mass is 79.9. The molecule has 2 atom stereocenters. The molecule has 0 rings (SSSR count). The molecule has 0 amide bonds. The zero-order valence-corrected chi connectivity index (χ0v) is 13.2. The number of alkyl halides is 4. The quantitative estimate of drug-likeness (QED) is 0.453. The van der Waals surface area contributed by atoms with Crippen molar-refractivity contribution in [1.29, 1.82) is 0 Å². The molecule has 0 heterocycles. The number of rotatable bonds is 6. The van der Waals surface area contributed by atoms with E-state index in [2.05, 4.69) is 38.4 Å².